The lowest BCUT2D eigenvalue weighted by Gasteiger charge is -2.37. The van der Waals surface area contributed by atoms with Gasteiger partial charge in [0.05, 0.1) is 0 Å². The van der Waals surface area contributed by atoms with E-state index in [1.54, 1.807) is 20.8 Å². The molecule has 2 aromatic carbocycles. The highest BCUT2D eigenvalue weighted by Crippen LogP contribution is 2.37. The molecule has 1 saturated carbocycles. The van der Waals surface area contributed by atoms with E-state index in [9.17, 15) is 24.0 Å². The topological polar surface area (TPSA) is 149 Å². The van der Waals surface area contributed by atoms with Crippen molar-refractivity contribution in [3.8, 4) is 0 Å². The van der Waals surface area contributed by atoms with Crippen LogP contribution in [-0.2, 0) is 40.0 Å². The zero-order chi connectivity index (χ0) is 32.2. The van der Waals surface area contributed by atoms with Crippen molar-refractivity contribution in [3.63, 3.8) is 0 Å². The van der Waals surface area contributed by atoms with Crippen LogP contribution in [0.15, 0.2) is 42.5 Å². The van der Waals surface area contributed by atoms with Crippen molar-refractivity contribution in [1.29, 1.82) is 0 Å². The average molecular weight is 610 g/mol. The van der Waals surface area contributed by atoms with Crippen LogP contribution in [0.3, 0.4) is 0 Å². The maximum absolute atomic E-state index is 13.3. The van der Waals surface area contributed by atoms with Gasteiger partial charge in [-0.3, -0.25) is 14.4 Å². The molecule has 1 aliphatic carbocycles. The van der Waals surface area contributed by atoms with Crippen LogP contribution in [0, 0.1) is 17.8 Å². The van der Waals surface area contributed by atoms with Crippen LogP contribution in [-0.4, -0.2) is 59.7 Å². The molecule has 1 heterocycles. The number of carbonyl (C=O) groups excluding carboxylic acids is 5. The maximum atomic E-state index is 13.3. The fourth-order valence-corrected chi connectivity index (χ4v) is 5.23. The van der Waals surface area contributed by atoms with Gasteiger partial charge in [0.15, 0.2) is 6.10 Å². The summed E-state index contributed by atoms with van der Waals surface area (Å²) in [5, 5.41) is 10.2. The van der Waals surface area contributed by atoms with Crippen molar-refractivity contribution in [3.05, 3.63) is 48.0 Å². The lowest BCUT2D eigenvalue weighted by molar-refractivity contribution is -0.193. The summed E-state index contributed by atoms with van der Waals surface area (Å²) in [4.78, 5) is 63.3. The molecular weight excluding hydrogens is 566 g/mol. The molecule has 3 amide bonds. The van der Waals surface area contributed by atoms with E-state index in [0.717, 1.165) is 22.8 Å². The van der Waals surface area contributed by atoms with Gasteiger partial charge < -0.3 is 30.2 Å². The number of rotatable bonds is 12. The van der Waals surface area contributed by atoms with Gasteiger partial charge >= 0.3 is 18.0 Å². The third kappa shape index (κ3) is 8.48. The Hall–Kier alpha value is -4.15. The van der Waals surface area contributed by atoms with E-state index in [-0.39, 0.29) is 42.8 Å². The molecule has 0 aromatic heterocycles. The Kier molecular flexibility index (Phi) is 10.2. The Morgan fingerprint density at radius 2 is 1.73 bits per heavy atom. The molecule has 7 atom stereocenters. The van der Waals surface area contributed by atoms with Gasteiger partial charge in [-0.2, -0.15) is 0 Å². The Balaban J connectivity index is 1.37. The number of nitrogens with one attached hydrogen (secondary N) is 3. The van der Waals surface area contributed by atoms with Gasteiger partial charge in [0, 0.05) is 6.04 Å². The van der Waals surface area contributed by atoms with Gasteiger partial charge in [-0.1, -0.05) is 56.7 Å². The van der Waals surface area contributed by atoms with E-state index in [0.29, 0.717) is 6.42 Å². The van der Waals surface area contributed by atoms with Crippen LogP contribution in [0.1, 0.15) is 66.4 Å². The van der Waals surface area contributed by atoms with Crippen LogP contribution in [0.5, 0.6) is 0 Å². The molecule has 0 unspecified atom stereocenters. The van der Waals surface area contributed by atoms with Crippen LogP contribution >= 0.6 is 0 Å². The van der Waals surface area contributed by atoms with Crippen molar-refractivity contribution in [2.75, 3.05) is 0 Å². The zero-order valence-corrected chi connectivity index (χ0v) is 26.2. The molecule has 2 fully saturated rings. The molecule has 11 heteroatoms. The second-order valence-corrected chi connectivity index (χ2v) is 12.8. The van der Waals surface area contributed by atoms with E-state index in [4.69, 9.17) is 14.2 Å². The first-order chi connectivity index (χ1) is 20.8. The van der Waals surface area contributed by atoms with Crippen molar-refractivity contribution < 1.29 is 38.2 Å². The van der Waals surface area contributed by atoms with Crippen LogP contribution in [0.2, 0.25) is 0 Å². The number of hydrogen-bond acceptors (Lipinski definition) is 8. The number of alkyl carbamates (subject to hydrolysis) is 1. The van der Waals surface area contributed by atoms with E-state index in [1.807, 2.05) is 56.3 Å². The second kappa shape index (κ2) is 13.7. The van der Waals surface area contributed by atoms with Gasteiger partial charge in [0.1, 0.15) is 30.2 Å². The maximum Gasteiger partial charge on any atom is 0.408 e. The number of cyclic esters (lactones) is 1. The molecule has 0 spiro atoms. The summed E-state index contributed by atoms with van der Waals surface area (Å²) < 4.78 is 16.0. The Labute approximate surface area is 257 Å². The third-order valence-corrected chi connectivity index (χ3v) is 8.07. The summed E-state index contributed by atoms with van der Waals surface area (Å²) in [5.74, 6) is -2.47. The highest BCUT2D eigenvalue weighted by Gasteiger charge is 2.51. The van der Waals surface area contributed by atoms with Gasteiger partial charge in [-0.15, -0.1) is 0 Å². The van der Waals surface area contributed by atoms with Gasteiger partial charge in [-0.25, -0.2) is 9.59 Å². The predicted octanol–water partition coefficient (Wildman–Crippen LogP) is 3.76. The number of esters is 2. The van der Waals surface area contributed by atoms with Gasteiger partial charge in [0.25, 0.3) is 5.91 Å². The largest absolute Gasteiger partial charge is 0.459 e. The van der Waals surface area contributed by atoms with E-state index >= 15 is 0 Å². The lowest BCUT2D eigenvalue weighted by atomic mass is 9.83. The number of benzene rings is 2. The van der Waals surface area contributed by atoms with Crippen LogP contribution in [0.25, 0.3) is 10.8 Å². The first-order valence-corrected chi connectivity index (χ1v) is 15.2. The smallest absolute Gasteiger partial charge is 0.408 e. The third-order valence-electron chi connectivity index (χ3n) is 8.07. The van der Waals surface area contributed by atoms with Crippen molar-refractivity contribution >= 4 is 40.6 Å². The molecule has 238 valence electrons. The standard InChI is InChI=1S/C33H43N3O8/c1-7-18(2)26-27(43-31(26)40)29(38)35-24-15-23(24)16-25(36-28(37)19(3)34-32(41)44-33(4,5)6)30(39)42-17-20-12-13-21-10-8-9-11-22(21)14-20/h8-14,18-19,23-27H,7,15-17H2,1-6H3,(H,34,41)(H,35,38)(H,36,37)/t18-,19-,23-,24-,25-,26-,27+/m0/s1. The highest BCUT2D eigenvalue weighted by molar-refractivity contribution is 5.94. The van der Waals surface area contributed by atoms with E-state index < -0.39 is 47.7 Å². The molecule has 3 N–H and O–H groups in total. The fraction of sp³-hybridized carbons (Fsp3) is 0.545. The molecule has 1 aliphatic heterocycles. The summed E-state index contributed by atoms with van der Waals surface area (Å²) >= 11 is 0. The monoisotopic (exact) mass is 609 g/mol. The average Bonchev–Trinajstić information content (AvgIpc) is 3.69. The summed E-state index contributed by atoms with van der Waals surface area (Å²) in [6, 6.07) is 11.4. The first-order valence-electron chi connectivity index (χ1n) is 15.2. The highest BCUT2D eigenvalue weighted by atomic mass is 16.6. The number of carbonyl (C=O) groups is 5. The fourth-order valence-electron chi connectivity index (χ4n) is 5.23. The summed E-state index contributed by atoms with van der Waals surface area (Å²) in [6.45, 7) is 10.5. The number of amides is 3. The van der Waals surface area contributed by atoms with Crippen LogP contribution in [0.4, 0.5) is 4.79 Å². The number of fused-ring (bicyclic) bond motifs is 1. The molecule has 0 bridgehead atoms. The lowest BCUT2D eigenvalue weighted by Crippen LogP contribution is -2.56. The van der Waals surface area contributed by atoms with E-state index in [1.165, 1.54) is 6.92 Å². The Morgan fingerprint density at radius 1 is 1.02 bits per heavy atom. The van der Waals surface area contributed by atoms with Crippen molar-refractivity contribution in [2.24, 2.45) is 17.8 Å². The zero-order valence-electron chi connectivity index (χ0n) is 26.2. The molecule has 1 saturated heterocycles. The van der Waals surface area contributed by atoms with Crippen molar-refractivity contribution in [2.45, 2.75) is 97.2 Å². The summed E-state index contributed by atoms with van der Waals surface area (Å²) in [6.07, 6.45) is -0.0180. The molecule has 2 aliphatic rings. The minimum atomic E-state index is -1.02. The minimum Gasteiger partial charge on any atom is -0.459 e. The molecule has 2 aromatic rings. The SMILES string of the molecule is CC[C@H](C)[C@@H]1C(=O)O[C@H]1C(=O)N[C@H]1C[C@H]1C[C@H](NC(=O)[C@H](C)NC(=O)OC(C)(C)C)C(=O)OCc1ccc2ccccc2c1. The first kappa shape index (κ1) is 32.8. The number of ether oxygens (including phenoxy) is 3. The van der Waals surface area contributed by atoms with Gasteiger partial charge in [0.2, 0.25) is 5.91 Å². The number of hydrogen-bond donors (Lipinski definition) is 3. The van der Waals surface area contributed by atoms with Crippen LogP contribution < -0.4 is 16.0 Å². The quantitative estimate of drug-likeness (QED) is 0.243. The van der Waals surface area contributed by atoms with E-state index in [2.05, 4.69) is 16.0 Å². The molecular formula is C33H43N3O8. The molecule has 44 heavy (non-hydrogen) atoms. The molecule has 0 radical (unpaired) electrons. The van der Waals surface area contributed by atoms with Gasteiger partial charge in [-0.05, 0) is 74.8 Å². The molecule has 11 nitrogen and oxygen atoms in total. The minimum absolute atomic E-state index is 0.0105. The van der Waals surface area contributed by atoms with Crippen molar-refractivity contribution in [1.82, 2.24) is 16.0 Å². The Bertz CT molecular complexity index is 1400. The predicted molar refractivity (Wildman–Crippen MR) is 162 cm³/mol. The second-order valence-electron chi connectivity index (χ2n) is 12.8. The summed E-state index contributed by atoms with van der Waals surface area (Å²) in [5.41, 5.74) is 0.0530. The normalized spacial score (nSPS) is 22.8. The molecule has 4 rings (SSSR count). The Morgan fingerprint density at radius 3 is 2.39 bits per heavy atom. The summed E-state index contributed by atoms with van der Waals surface area (Å²) in [7, 11) is 0.